The van der Waals surface area contributed by atoms with Crippen molar-refractivity contribution in [3.05, 3.63) is 284 Å². The first-order valence-corrected chi connectivity index (χ1v) is 28.8. The summed E-state index contributed by atoms with van der Waals surface area (Å²) in [4.78, 5) is 0. The van der Waals surface area contributed by atoms with Crippen LogP contribution in [-0.2, 0) is 6.42 Å². The highest BCUT2D eigenvalue weighted by Crippen LogP contribution is 2.46. The van der Waals surface area contributed by atoms with Crippen molar-refractivity contribution in [3.63, 3.8) is 0 Å². The zero-order chi connectivity index (χ0) is 54.6. The molecule has 0 atom stereocenters. The normalized spacial score (nSPS) is 12.0. The lowest BCUT2D eigenvalue weighted by Crippen LogP contribution is -1.97. The Kier molecular flexibility index (Phi) is 11.0. The van der Waals surface area contributed by atoms with Crippen LogP contribution in [0, 0.1) is 12.8 Å². The summed E-state index contributed by atoms with van der Waals surface area (Å²) in [5.74, 6) is 0.611. The second kappa shape index (κ2) is 19.0. The average molecular weight is 1050 g/mol. The van der Waals surface area contributed by atoms with Gasteiger partial charge in [-0.05, 0) is 188 Å². The molecule has 0 aliphatic carbocycles. The van der Waals surface area contributed by atoms with Gasteiger partial charge < -0.3 is 13.7 Å². The summed E-state index contributed by atoms with van der Waals surface area (Å²) in [7, 11) is 0. The van der Waals surface area contributed by atoms with E-state index in [1.807, 2.05) is 0 Å². The number of para-hydroxylation sites is 2. The molecular weight excluding hydrogens is 991 g/mol. The van der Waals surface area contributed by atoms with E-state index in [4.69, 9.17) is 0 Å². The van der Waals surface area contributed by atoms with Crippen molar-refractivity contribution >= 4 is 87.0 Å². The van der Waals surface area contributed by atoms with E-state index in [9.17, 15) is 0 Å². The van der Waals surface area contributed by atoms with Gasteiger partial charge in [-0.15, -0.1) is 0 Å². The highest BCUT2D eigenvalue weighted by Gasteiger charge is 2.21. The lowest BCUT2D eigenvalue weighted by Gasteiger charge is -2.18. The zero-order valence-electron chi connectivity index (χ0n) is 46.1. The van der Waals surface area contributed by atoms with Gasteiger partial charge in [-0.1, -0.05) is 195 Å². The van der Waals surface area contributed by atoms with Crippen LogP contribution in [0.3, 0.4) is 0 Å². The van der Waals surface area contributed by atoms with Crippen LogP contribution in [0.15, 0.2) is 273 Å². The number of hydrogen-bond acceptors (Lipinski definition) is 0. The molecule has 0 saturated carbocycles. The Morgan fingerprint density at radius 1 is 0.256 bits per heavy atom. The molecule has 0 N–H and O–H groups in total. The Morgan fingerprint density at radius 2 is 0.549 bits per heavy atom. The molecule has 0 aliphatic heterocycles. The fourth-order valence-electron chi connectivity index (χ4n) is 13.6. The largest absolute Gasteiger partial charge is 0.309 e. The molecule has 0 amide bonds. The first-order chi connectivity index (χ1) is 40.4. The number of rotatable bonds is 9. The smallest absolute Gasteiger partial charge is 0.0541 e. The van der Waals surface area contributed by atoms with E-state index < -0.39 is 0 Å². The number of aryl methyl sites for hydroxylation is 1. The van der Waals surface area contributed by atoms with Crippen LogP contribution in [-0.4, -0.2) is 13.7 Å². The van der Waals surface area contributed by atoms with Gasteiger partial charge in [-0.3, -0.25) is 0 Å². The number of hydrogen-bond donors (Lipinski definition) is 0. The van der Waals surface area contributed by atoms with Gasteiger partial charge in [0, 0.05) is 49.4 Å². The van der Waals surface area contributed by atoms with Crippen molar-refractivity contribution in [2.24, 2.45) is 5.92 Å². The van der Waals surface area contributed by atoms with Crippen LogP contribution in [0.2, 0.25) is 0 Å². The fraction of sp³-hybridized carbons (Fsp3) is 0.0633. The van der Waals surface area contributed by atoms with Crippen molar-refractivity contribution in [3.8, 4) is 61.6 Å². The standard InChI is InChI=1S/C79H57N3/c1-50(2)45-52-27-37-60(38-28-52)81-73-24-14-12-18-63(73)69-47-56(32-42-75(69)81)58-34-44-77-71(49-58)70-48-57(55-31-41-74-68(46-55)62-17-11-13-23-72(62)80(74)59-35-25-51(3)26-36-59)33-43-76(70)82(77)61-39-29-54(30-40-61)79-66-21-9-7-19-64(66)78(53-15-5-4-6-16-53)65-20-8-10-22-67(65)79/h4-44,46-50H,45H2,1-3H3. The monoisotopic (exact) mass is 1050 g/mol. The van der Waals surface area contributed by atoms with E-state index in [0.717, 1.165) is 12.1 Å². The molecule has 3 heterocycles. The SMILES string of the molecule is Cc1ccc(-n2c3ccccc3c3cc(-c4ccc5c(c4)c4cc(-c6ccc7c(c6)c6ccccc6n7-c6ccc(CC(C)C)cc6)ccc4n5-c4ccc(-c5c6ccccc6c(-c6ccccc6)c6ccccc56)cc4)ccc32)cc1. The van der Waals surface area contributed by atoms with E-state index in [1.54, 1.807) is 0 Å². The molecule has 13 aromatic carbocycles. The molecule has 0 fully saturated rings. The van der Waals surface area contributed by atoms with Crippen LogP contribution in [0.4, 0.5) is 0 Å². The molecule has 0 saturated heterocycles. The summed E-state index contributed by atoms with van der Waals surface area (Å²) in [5, 5.41) is 12.4. The molecule has 16 rings (SSSR count). The van der Waals surface area contributed by atoms with Crippen LogP contribution < -0.4 is 0 Å². The lowest BCUT2D eigenvalue weighted by molar-refractivity contribution is 0.647. The predicted octanol–water partition coefficient (Wildman–Crippen LogP) is 21.5. The topological polar surface area (TPSA) is 14.8 Å². The van der Waals surface area contributed by atoms with E-state index in [1.165, 1.54) is 154 Å². The molecule has 3 aromatic heterocycles. The van der Waals surface area contributed by atoms with Crippen molar-refractivity contribution in [2.45, 2.75) is 27.2 Å². The van der Waals surface area contributed by atoms with Crippen LogP contribution in [0.25, 0.3) is 149 Å². The number of aromatic nitrogens is 3. The third-order valence-electron chi connectivity index (χ3n) is 17.3. The van der Waals surface area contributed by atoms with Gasteiger partial charge >= 0.3 is 0 Å². The fourth-order valence-corrected chi connectivity index (χ4v) is 13.6. The Bertz CT molecular complexity index is 5130. The Labute approximate surface area is 476 Å². The predicted molar refractivity (Wildman–Crippen MR) is 349 cm³/mol. The maximum Gasteiger partial charge on any atom is 0.0541 e. The van der Waals surface area contributed by atoms with Crippen LogP contribution >= 0.6 is 0 Å². The van der Waals surface area contributed by atoms with Crippen LogP contribution in [0.5, 0.6) is 0 Å². The van der Waals surface area contributed by atoms with E-state index in [-0.39, 0.29) is 0 Å². The summed E-state index contributed by atoms with van der Waals surface area (Å²) in [6.07, 6.45) is 1.07. The minimum atomic E-state index is 0.611. The van der Waals surface area contributed by atoms with Crippen molar-refractivity contribution in [1.82, 2.24) is 13.7 Å². The Morgan fingerprint density at radius 3 is 0.939 bits per heavy atom. The summed E-state index contributed by atoms with van der Waals surface area (Å²) in [5.41, 5.74) is 23.0. The summed E-state index contributed by atoms with van der Waals surface area (Å²) >= 11 is 0. The lowest BCUT2D eigenvalue weighted by atomic mass is 9.86. The molecule has 0 bridgehead atoms. The Hall–Kier alpha value is -10.2. The van der Waals surface area contributed by atoms with E-state index >= 15 is 0 Å². The van der Waals surface area contributed by atoms with E-state index in [2.05, 4.69) is 307 Å². The third kappa shape index (κ3) is 7.65. The Balaban J connectivity index is 0.866. The number of nitrogens with zero attached hydrogens (tertiary/aromatic N) is 3. The highest BCUT2D eigenvalue weighted by atomic mass is 15.0. The second-order valence-electron chi connectivity index (χ2n) is 22.8. The van der Waals surface area contributed by atoms with Gasteiger partial charge in [-0.2, -0.15) is 0 Å². The minimum absolute atomic E-state index is 0.611. The molecule has 16 aromatic rings. The van der Waals surface area contributed by atoms with Crippen molar-refractivity contribution < 1.29 is 0 Å². The molecule has 388 valence electrons. The van der Waals surface area contributed by atoms with Gasteiger partial charge in [0.1, 0.15) is 0 Å². The molecule has 0 radical (unpaired) electrons. The first kappa shape index (κ1) is 47.8. The number of fused-ring (bicyclic) bond motifs is 11. The van der Waals surface area contributed by atoms with Crippen LogP contribution in [0.1, 0.15) is 25.0 Å². The number of benzene rings is 13. The third-order valence-corrected chi connectivity index (χ3v) is 17.3. The summed E-state index contributed by atoms with van der Waals surface area (Å²) in [6.45, 7) is 6.72. The quantitative estimate of drug-likeness (QED) is 0.128. The molecule has 3 nitrogen and oxygen atoms in total. The van der Waals surface area contributed by atoms with Crippen molar-refractivity contribution in [2.75, 3.05) is 0 Å². The van der Waals surface area contributed by atoms with E-state index in [0.29, 0.717) is 5.92 Å². The average Bonchev–Trinajstić information content (AvgIpc) is 4.27. The minimum Gasteiger partial charge on any atom is -0.309 e. The molecule has 82 heavy (non-hydrogen) atoms. The highest BCUT2D eigenvalue weighted by molar-refractivity contribution is 6.22. The van der Waals surface area contributed by atoms with Gasteiger partial charge in [0.05, 0.1) is 33.1 Å². The second-order valence-corrected chi connectivity index (χ2v) is 22.8. The van der Waals surface area contributed by atoms with Gasteiger partial charge in [-0.25, -0.2) is 0 Å². The molecule has 3 heteroatoms. The van der Waals surface area contributed by atoms with Crippen molar-refractivity contribution in [1.29, 1.82) is 0 Å². The zero-order valence-corrected chi connectivity index (χ0v) is 46.1. The summed E-state index contributed by atoms with van der Waals surface area (Å²) in [6, 6.07) is 102. The first-order valence-electron chi connectivity index (χ1n) is 28.8. The molecule has 0 unspecified atom stereocenters. The molecule has 0 aliphatic rings. The maximum atomic E-state index is 2.47. The van der Waals surface area contributed by atoms with Gasteiger partial charge in [0.15, 0.2) is 0 Å². The maximum absolute atomic E-state index is 2.47. The molecular formula is C79H57N3. The van der Waals surface area contributed by atoms with Gasteiger partial charge in [0.25, 0.3) is 0 Å². The summed E-state index contributed by atoms with van der Waals surface area (Å²) < 4.78 is 7.31. The molecule has 0 spiro atoms. The van der Waals surface area contributed by atoms with Gasteiger partial charge in [0.2, 0.25) is 0 Å².